The Labute approximate surface area is 248 Å². The van der Waals surface area contributed by atoms with Crippen molar-refractivity contribution in [1.29, 1.82) is 0 Å². The number of hydrogen-bond acceptors (Lipinski definition) is 7. The lowest BCUT2D eigenvalue weighted by Gasteiger charge is -2.19. The molecule has 4 aromatic rings. The Balaban J connectivity index is 1.66. The maximum atomic E-state index is 11.7. The molecule has 4 rings (SSSR count). The summed E-state index contributed by atoms with van der Waals surface area (Å²) in [6, 6.07) is 16.8. The molecule has 204 valence electrons. The van der Waals surface area contributed by atoms with E-state index in [9.17, 15) is 10.1 Å². The van der Waals surface area contributed by atoms with Crippen molar-refractivity contribution in [2.75, 3.05) is 13.2 Å². The van der Waals surface area contributed by atoms with Gasteiger partial charge in [0, 0.05) is 10.6 Å². The number of hydrogen-bond donors (Lipinski definition) is 0. The average Bonchev–Trinajstić information content (AvgIpc) is 3.25. The van der Waals surface area contributed by atoms with Crippen LogP contribution in [0.3, 0.4) is 0 Å². The molecule has 3 aromatic carbocycles. The van der Waals surface area contributed by atoms with Crippen LogP contribution >= 0.6 is 50.9 Å². The molecule has 39 heavy (non-hydrogen) atoms. The SMILES string of the molecule is CCOc1cc([C@@H](C[N+](=O)[O-])Sc2nnc(C)n2-c2ccc(C)cc2)cc(Br)c1OCc1ccc(Cl)c(Cl)c1. The molecule has 0 radical (unpaired) electrons. The highest BCUT2D eigenvalue weighted by molar-refractivity contribution is 9.10. The summed E-state index contributed by atoms with van der Waals surface area (Å²) in [7, 11) is 0. The van der Waals surface area contributed by atoms with Gasteiger partial charge in [0.05, 0.1) is 21.1 Å². The molecule has 1 heterocycles. The van der Waals surface area contributed by atoms with E-state index in [0.717, 1.165) is 16.8 Å². The van der Waals surface area contributed by atoms with Gasteiger partial charge in [-0.2, -0.15) is 0 Å². The second-order valence-corrected chi connectivity index (χ2v) is 11.5. The number of thioether (sulfide) groups is 1. The smallest absolute Gasteiger partial charge is 0.220 e. The standard InChI is InChI=1S/C27H25BrCl2N4O4S/c1-4-37-24-13-19(12-21(28)26(24)38-15-18-7-10-22(29)23(30)11-18)25(14-33(35)36)39-27-32-31-17(3)34(27)20-8-5-16(2)6-9-20/h5-13,25H,4,14-15H2,1-3H3/t25-/m1/s1. The minimum absolute atomic E-state index is 0.223. The van der Waals surface area contributed by atoms with E-state index in [1.165, 1.54) is 11.8 Å². The van der Waals surface area contributed by atoms with Crippen molar-refractivity contribution in [2.24, 2.45) is 0 Å². The fourth-order valence-corrected chi connectivity index (χ4v) is 5.89. The zero-order chi connectivity index (χ0) is 28.1. The summed E-state index contributed by atoms with van der Waals surface area (Å²) in [6.07, 6.45) is 0. The molecule has 0 aliphatic carbocycles. The lowest BCUT2D eigenvalue weighted by Crippen LogP contribution is -2.12. The van der Waals surface area contributed by atoms with E-state index in [2.05, 4.69) is 26.1 Å². The van der Waals surface area contributed by atoms with Gasteiger partial charge in [0.25, 0.3) is 0 Å². The van der Waals surface area contributed by atoms with Crippen LogP contribution in [0.5, 0.6) is 11.5 Å². The fourth-order valence-electron chi connectivity index (χ4n) is 3.85. The van der Waals surface area contributed by atoms with Gasteiger partial charge in [0.1, 0.15) is 17.7 Å². The Hall–Kier alpha value is -2.79. The molecule has 0 saturated heterocycles. The molecule has 1 atom stereocenters. The van der Waals surface area contributed by atoms with Gasteiger partial charge in [-0.25, -0.2) is 0 Å². The van der Waals surface area contributed by atoms with Crippen molar-refractivity contribution < 1.29 is 14.4 Å². The first-order valence-corrected chi connectivity index (χ1v) is 14.4. The number of halogens is 3. The first-order valence-electron chi connectivity index (χ1n) is 12.0. The van der Waals surface area contributed by atoms with Crippen molar-refractivity contribution in [3.8, 4) is 17.2 Å². The van der Waals surface area contributed by atoms with Gasteiger partial charge >= 0.3 is 0 Å². The average molecular weight is 652 g/mol. The van der Waals surface area contributed by atoms with Gasteiger partial charge in [0.2, 0.25) is 6.54 Å². The zero-order valence-electron chi connectivity index (χ0n) is 21.4. The zero-order valence-corrected chi connectivity index (χ0v) is 25.3. The van der Waals surface area contributed by atoms with Crippen molar-refractivity contribution in [2.45, 2.75) is 37.8 Å². The second kappa shape index (κ2) is 13.0. The number of benzene rings is 3. The van der Waals surface area contributed by atoms with Crippen LogP contribution in [0.2, 0.25) is 10.0 Å². The number of aryl methyl sites for hydroxylation is 2. The van der Waals surface area contributed by atoms with E-state index in [1.54, 1.807) is 18.2 Å². The summed E-state index contributed by atoms with van der Waals surface area (Å²) in [4.78, 5) is 11.4. The van der Waals surface area contributed by atoms with E-state index in [4.69, 9.17) is 32.7 Å². The highest BCUT2D eigenvalue weighted by atomic mass is 79.9. The number of nitro groups is 1. The van der Waals surface area contributed by atoms with E-state index < -0.39 is 5.25 Å². The van der Waals surface area contributed by atoms with Crippen LogP contribution in [-0.4, -0.2) is 32.8 Å². The lowest BCUT2D eigenvalue weighted by molar-refractivity contribution is -0.479. The van der Waals surface area contributed by atoms with Crippen LogP contribution in [-0.2, 0) is 6.61 Å². The summed E-state index contributed by atoms with van der Waals surface area (Å²) >= 11 is 17.0. The summed E-state index contributed by atoms with van der Waals surface area (Å²) in [6.45, 7) is 6.00. The third-order valence-corrected chi connectivity index (χ3v) is 8.23. The van der Waals surface area contributed by atoms with Crippen LogP contribution in [0.15, 0.2) is 64.2 Å². The Bertz CT molecular complexity index is 1480. The van der Waals surface area contributed by atoms with Crippen LogP contribution in [0.1, 0.15) is 34.7 Å². The predicted molar refractivity (Wildman–Crippen MR) is 157 cm³/mol. The minimum Gasteiger partial charge on any atom is -0.490 e. The summed E-state index contributed by atoms with van der Waals surface area (Å²) < 4.78 is 14.5. The molecule has 0 saturated carbocycles. The van der Waals surface area contributed by atoms with Crippen molar-refractivity contribution >= 4 is 50.9 Å². The van der Waals surface area contributed by atoms with Crippen LogP contribution in [0.4, 0.5) is 0 Å². The molecule has 1 aromatic heterocycles. The van der Waals surface area contributed by atoms with Gasteiger partial charge in [-0.15, -0.1) is 10.2 Å². The molecule has 0 bridgehead atoms. The molecule has 0 aliphatic rings. The van der Waals surface area contributed by atoms with Crippen LogP contribution in [0.25, 0.3) is 5.69 Å². The maximum absolute atomic E-state index is 11.7. The topological polar surface area (TPSA) is 92.3 Å². The van der Waals surface area contributed by atoms with E-state index in [1.807, 2.05) is 61.7 Å². The van der Waals surface area contributed by atoms with Crippen molar-refractivity contribution in [3.05, 3.63) is 102 Å². The third kappa shape index (κ3) is 7.25. The molecule has 0 N–H and O–H groups in total. The molecule has 12 heteroatoms. The molecule has 0 amide bonds. The van der Waals surface area contributed by atoms with E-state index in [0.29, 0.717) is 49.2 Å². The maximum Gasteiger partial charge on any atom is 0.220 e. The lowest BCUT2D eigenvalue weighted by atomic mass is 10.1. The van der Waals surface area contributed by atoms with Crippen molar-refractivity contribution in [3.63, 3.8) is 0 Å². The molecular weight excluding hydrogens is 627 g/mol. The van der Waals surface area contributed by atoms with Crippen molar-refractivity contribution in [1.82, 2.24) is 14.8 Å². The first kappa shape index (κ1) is 29.2. The molecular formula is C27H25BrCl2N4O4S. The normalized spacial score (nSPS) is 11.8. The van der Waals surface area contributed by atoms with Gasteiger partial charge in [-0.3, -0.25) is 14.7 Å². The van der Waals surface area contributed by atoms with Gasteiger partial charge in [0.15, 0.2) is 16.7 Å². The van der Waals surface area contributed by atoms with Gasteiger partial charge in [-0.1, -0.05) is 58.7 Å². The number of nitrogens with zero attached hydrogens (tertiary/aromatic N) is 4. The quantitative estimate of drug-likeness (QED) is 0.0920. The second-order valence-electron chi connectivity index (χ2n) is 8.62. The largest absolute Gasteiger partial charge is 0.490 e. The number of ether oxygens (including phenoxy) is 2. The Morgan fingerprint density at radius 2 is 1.79 bits per heavy atom. The summed E-state index contributed by atoms with van der Waals surface area (Å²) in [5.74, 6) is 1.63. The summed E-state index contributed by atoms with van der Waals surface area (Å²) in [5.41, 5.74) is 3.52. The number of aromatic nitrogens is 3. The van der Waals surface area contributed by atoms with E-state index >= 15 is 0 Å². The number of rotatable bonds is 11. The minimum atomic E-state index is -0.576. The highest BCUT2D eigenvalue weighted by Crippen LogP contribution is 2.43. The van der Waals surface area contributed by atoms with Gasteiger partial charge in [-0.05, 0) is 84.2 Å². The molecule has 0 fully saturated rings. The van der Waals surface area contributed by atoms with Gasteiger partial charge < -0.3 is 9.47 Å². The predicted octanol–water partition coefficient (Wildman–Crippen LogP) is 8.04. The highest BCUT2D eigenvalue weighted by Gasteiger charge is 2.26. The summed E-state index contributed by atoms with van der Waals surface area (Å²) in [5, 5.41) is 21.1. The Morgan fingerprint density at radius 3 is 2.46 bits per heavy atom. The van der Waals surface area contributed by atoms with Crippen LogP contribution < -0.4 is 9.47 Å². The Morgan fingerprint density at radius 1 is 1.05 bits per heavy atom. The fraction of sp³-hybridized carbons (Fsp3) is 0.259. The Kier molecular flexibility index (Phi) is 9.76. The molecule has 8 nitrogen and oxygen atoms in total. The third-order valence-electron chi connectivity index (χ3n) is 5.72. The van der Waals surface area contributed by atoms with E-state index in [-0.39, 0.29) is 18.1 Å². The molecule has 0 aliphatic heterocycles. The molecule has 0 spiro atoms. The monoisotopic (exact) mass is 650 g/mol. The first-order chi connectivity index (χ1) is 18.7. The van der Waals surface area contributed by atoms with Crippen LogP contribution in [0, 0.1) is 24.0 Å². The molecule has 0 unspecified atom stereocenters.